The first-order valence-electron chi connectivity index (χ1n) is 6.38. The molecule has 1 saturated carbocycles. The molecule has 0 aromatic heterocycles. The predicted octanol–water partition coefficient (Wildman–Crippen LogP) is 2.90. The Morgan fingerprint density at radius 2 is 2.22 bits per heavy atom. The molecule has 3 nitrogen and oxygen atoms in total. The van der Waals surface area contributed by atoms with E-state index < -0.39 is 11.8 Å². The second-order valence-corrected chi connectivity index (χ2v) is 4.79. The van der Waals surface area contributed by atoms with E-state index in [1.165, 1.54) is 18.9 Å². The van der Waals surface area contributed by atoms with Crippen molar-refractivity contribution in [3.8, 4) is 0 Å². The van der Waals surface area contributed by atoms with Crippen molar-refractivity contribution in [1.29, 1.82) is 0 Å². The number of halogens is 1. The predicted molar refractivity (Wildman–Crippen MR) is 67.1 cm³/mol. The van der Waals surface area contributed by atoms with Crippen LogP contribution in [0.3, 0.4) is 0 Å². The molecule has 0 saturated heterocycles. The zero-order chi connectivity index (χ0) is 13.1. The number of carboxylic acids is 1. The van der Waals surface area contributed by atoms with Crippen LogP contribution in [0.1, 0.15) is 42.1 Å². The molecule has 1 aromatic carbocycles. The van der Waals surface area contributed by atoms with Gasteiger partial charge in [0.15, 0.2) is 0 Å². The maximum Gasteiger partial charge on any atom is 0.338 e. The summed E-state index contributed by atoms with van der Waals surface area (Å²) in [6, 6.07) is 5.14. The zero-order valence-electron chi connectivity index (χ0n) is 10.5. The Kier molecular flexibility index (Phi) is 3.97. The van der Waals surface area contributed by atoms with E-state index in [2.05, 4.69) is 11.8 Å². The van der Waals surface area contributed by atoms with Gasteiger partial charge in [-0.2, -0.15) is 0 Å². The second kappa shape index (κ2) is 5.48. The third kappa shape index (κ3) is 2.88. The standard InChI is InChI=1S/C14H18FNO2/c1-2-8-16(11-6-7-11)9-10-4-3-5-12(13(10)15)14(17)18/h3-5,11H,2,6-9H2,1H3,(H,17,18). The van der Waals surface area contributed by atoms with Crippen LogP contribution in [-0.4, -0.2) is 28.6 Å². The number of benzene rings is 1. The fourth-order valence-electron chi connectivity index (χ4n) is 2.20. The molecule has 98 valence electrons. The lowest BCUT2D eigenvalue weighted by molar-refractivity contribution is 0.0691. The van der Waals surface area contributed by atoms with Gasteiger partial charge in [-0.15, -0.1) is 0 Å². The summed E-state index contributed by atoms with van der Waals surface area (Å²) in [5.41, 5.74) is 0.245. The fraction of sp³-hybridized carbons (Fsp3) is 0.500. The molecule has 0 heterocycles. The Hall–Kier alpha value is -1.42. The van der Waals surface area contributed by atoms with E-state index in [0.29, 0.717) is 18.2 Å². The Morgan fingerprint density at radius 1 is 1.50 bits per heavy atom. The average Bonchev–Trinajstić information content (AvgIpc) is 3.14. The van der Waals surface area contributed by atoms with E-state index in [1.807, 2.05) is 0 Å². The average molecular weight is 251 g/mol. The van der Waals surface area contributed by atoms with Gasteiger partial charge in [0, 0.05) is 18.2 Å². The summed E-state index contributed by atoms with van der Waals surface area (Å²) in [4.78, 5) is 13.1. The highest BCUT2D eigenvalue weighted by Crippen LogP contribution is 2.29. The molecule has 0 unspecified atom stereocenters. The highest BCUT2D eigenvalue weighted by Gasteiger charge is 2.29. The Labute approximate surface area is 106 Å². The summed E-state index contributed by atoms with van der Waals surface area (Å²) in [6.07, 6.45) is 3.36. The molecule has 0 amide bonds. The number of rotatable bonds is 6. The number of aromatic carboxylic acids is 1. The first-order valence-corrected chi connectivity index (χ1v) is 6.38. The summed E-state index contributed by atoms with van der Waals surface area (Å²) in [7, 11) is 0. The first-order chi connectivity index (χ1) is 8.63. The summed E-state index contributed by atoms with van der Waals surface area (Å²) in [5, 5.41) is 8.90. The molecule has 1 aromatic rings. The number of hydrogen-bond donors (Lipinski definition) is 1. The van der Waals surface area contributed by atoms with Crippen LogP contribution >= 0.6 is 0 Å². The van der Waals surface area contributed by atoms with Gasteiger partial charge >= 0.3 is 5.97 Å². The summed E-state index contributed by atoms with van der Waals surface area (Å²) < 4.78 is 14.0. The van der Waals surface area contributed by atoms with Crippen LogP contribution in [0.25, 0.3) is 0 Å². The van der Waals surface area contributed by atoms with Crippen LogP contribution in [0.5, 0.6) is 0 Å². The van der Waals surface area contributed by atoms with Crippen molar-refractivity contribution >= 4 is 5.97 Å². The minimum absolute atomic E-state index is 0.236. The zero-order valence-corrected chi connectivity index (χ0v) is 10.5. The molecule has 1 aliphatic rings. The molecule has 0 atom stereocenters. The minimum atomic E-state index is -1.21. The van der Waals surface area contributed by atoms with Gasteiger partial charge in [-0.1, -0.05) is 19.1 Å². The first kappa shape index (κ1) is 13.0. The van der Waals surface area contributed by atoms with Crippen molar-refractivity contribution < 1.29 is 14.3 Å². The molecule has 0 spiro atoms. The van der Waals surface area contributed by atoms with Gasteiger partial charge in [-0.05, 0) is 31.9 Å². The van der Waals surface area contributed by atoms with E-state index in [9.17, 15) is 9.18 Å². The number of hydrogen-bond acceptors (Lipinski definition) is 2. The molecule has 4 heteroatoms. The van der Waals surface area contributed by atoms with Crippen LogP contribution in [-0.2, 0) is 6.54 Å². The van der Waals surface area contributed by atoms with Crippen LogP contribution in [0.2, 0.25) is 0 Å². The number of carbonyl (C=O) groups is 1. The lowest BCUT2D eigenvalue weighted by Gasteiger charge is -2.21. The third-order valence-corrected chi connectivity index (χ3v) is 3.26. The van der Waals surface area contributed by atoms with Crippen molar-refractivity contribution in [3.05, 3.63) is 35.1 Å². The Bertz CT molecular complexity index is 443. The molecular weight excluding hydrogens is 233 g/mol. The van der Waals surface area contributed by atoms with Crippen LogP contribution in [0.15, 0.2) is 18.2 Å². The highest BCUT2D eigenvalue weighted by molar-refractivity contribution is 5.88. The Morgan fingerprint density at radius 3 is 2.78 bits per heavy atom. The molecule has 0 radical (unpaired) electrons. The van der Waals surface area contributed by atoms with Crippen LogP contribution in [0, 0.1) is 5.82 Å². The maximum atomic E-state index is 14.0. The van der Waals surface area contributed by atoms with E-state index in [1.54, 1.807) is 12.1 Å². The lowest BCUT2D eigenvalue weighted by atomic mass is 10.1. The van der Waals surface area contributed by atoms with Crippen molar-refractivity contribution in [2.75, 3.05) is 6.54 Å². The van der Waals surface area contributed by atoms with E-state index in [-0.39, 0.29) is 5.56 Å². The topological polar surface area (TPSA) is 40.5 Å². The smallest absolute Gasteiger partial charge is 0.338 e. The molecular formula is C14H18FNO2. The molecule has 0 bridgehead atoms. The van der Waals surface area contributed by atoms with Crippen molar-refractivity contribution in [2.45, 2.75) is 38.8 Å². The number of carboxylic acid groups (broad SMARTS) is 1. The fourth-order valence-corrected chi connectivity index (χ4v) is 2.20. The highest BCUT2D eigenvalue weighted by atomic mass is 19.1. The third-order valence-electron chi connectivity index (χ3n) is 3.26. The van der Waals surface area contributed by atoms with Crippen molar-refractivity contribution in [2.24, 2.45) is 0 Å². The molecule has 1 N–H and O–H groups in total. The van der Waals surface area contributed by atoms with Gasteiger partial charge in [0.25, 0.3) is 0 Å². The maximum absolute atomic E-state index is 14.0. The van der Waals surface area contributed by atoms with Crippen LogP contribution < -0.4 is 0 Å². The Balaban J connectivity index is 2.17. The second-order valence-electron chi connectivity index (χ2n) is 4.79. The van der Waals surface area contributed by atoms with Gasteiger partial charge < -0.3 is 5.11 Å². The normalized spacial score (nSPS) is 15.1. The van der Waals surface area contributed by atoms with Gasteiger partial charge in [0.1, 0.15) is 5.82 Å². The van der Waals surface area contributed by atoms with Gasteiger partial charge in [-0.25, -0.2) is 9.18 Å². The lowest BCUT2D eigenvalue weighted by Crippen LogP contribution is -2.27. The van der Waals surface area contributed by atoms with E-state index >= 15 is 0 Å². The molecule has 1 fully saturated rings. The van der Waals surface area contributed by atoms with Gasteiger partial charge in [0.05, 0.1) is 5.56 Å². The van der Waals surface area contributed by atoms with E-state index in [4.69, 9.17) is 5.11 Å². The SMILES string of the molecule is CCCN(Cc1cccc(C(=O)O)c1F)C1CC1. The quantitative estimate of drug-likeness (QED) is 0.845. The summed E-state index contributed by atoms with van der Waals surface area (Å²) in [5.74, 6) is -1.80. The molecule has 18 heavy (non-hydrogen) atoms. The molecule has 2 rings (SSSR count). The molecule has 0 aliphatic heterocycles. The van der Waals surface area contributed by atoms with Gasteiger partial charge in [-0.3, -0.25) is 4.90 Å². The number of nitrogens with zero attached hydrogens (tertiary/aromatic N) is 1. The summed E-state index contributed by atoms with van der Waals surface area (Å²) >= 11 is 0. The summed E-state index contributed by atoms with van der Waals surface area (Å²) in [6.45, 7) is 3.53. The van der Waals surface area contributed by atoms with Crippen molar-refractivity contribution in [3.63, 3.8) is 0 Å². The monoisotopic (exact) mass is 251 g/mol. The molecule has 1 aliphatic carbocycles. The largest absolute Gasteiger partial charge is 0.478 e. The van der Waals surface area contributed by atoms with Crippen LogP contribution in [0.4, 0.5) is 4.39 Å². The van der Waals surface area contributed by atoms with E-state index in [0.717, 1.165) is 13.0 Å². The van der Waals surface area contributed by atoms with Crippen molar-refractivity contribution in [1.82, 2.24) is 4.90 Å². The minimum Gasteiger partial charge on any atom is -0.478 e. The van der Waals surface area contributed by atoms with Gasteiger partial charge in [0.2, 0.25) is 0 Å².